The number of para-hydroxylation sites is 1. The molecule has 0 aliphatic rings. The molecular weight excluding hydrogens is 474 g/mol. The second-order valence-corrected chi connectivity index (χ2v) is 9.03. The molecule has 6 rings (SSSR count). The Morgan fingerprint density at radius 3 is 2.72 bits per heavy atom. The highest BCUT2D eigenvalue weighted by atomic mass is 35.5. The monoisotopic (exact) mass is 495 g/mol. The SMILES string of the molecule is Cc1cc(-n2ccnc2)c2cccc(OCc3c(Cl)cncc3Cn3cc4ccccc4c3O)c2n1. The lowest BCUT2D eigenvalue weighted by molar-refractivity contribution is 0.307. The molecule has 0 aliphatic heterocycles. The smallest absolute Gasteiger partial charge is 0.199 e. The summed E-state index contributed by atoms with van der Waals surface area (Å²) < 4.78 is 10.1. The number of aromatic hydroxyl groups is 1. The van der Waals surface area contributed by atoms with E-state index < -0.39 is 0 Å². The lowest BCUT2D eigenvalue weighted by Gasteiger charge is -2.15. The van der Waals surface area contributed by atoms with Crippen molar-refractivity contribution in [3.8, 4) is 17.3 Å². The van der Waals surface area contributed by atoms with Gasteiger partial charge in [-0.15, -0.1) is 0 Å². The van der Waals surface area contributed by atoms with Crippen LogP contribution in [0.3, 0.4) is 0 Å². The van der Waals surface area contributed by atoms with E-state index >= 15 is 0 Å². The number of fused-ring (bicyclic) bond motifs is 2. The lowest BCUT2D eigenvalue weighted by Crippen LogP contribution is -2.07. The number of hydrogen-bond donors (Lipinski definition) is 1. The minimum atomic E-state index is 0.207. The molecule has 0 aliphatic carbocycles. The minimum absolute atomic E-state index is 0.207. The molecule has 36 heavy (non-hydrogen) atoms. The summed E-state index contributed by atoms with van der Waals surface area (Å²) in [5.74, 6) is 0.865. The molecule has 0 amide bonds. The summed E-state index contributed by atoms with van der Waals surface area (Å²) in [5, 5.41) is 14.0. The first-order valence-electron chi connectivity index (χ1n) is 11.5. The summed E-state index contributed by atoms with van der Waals surface area (Å²) in [6, 6.07) is 15.6. The van der Waals surface area contributed by atoms with Crippen molar-refractivity contribution < 1.29 is 9.84 Å². The first-order valence-corrected chi connectivity index (χ1v) is 11.9. The number of pyridine rings is 2. The van der Waals surface area contributed by atoms with Gasteiger partial charge in [-0.05, 0) is 30.7 Å². The molecule has 0 fully saturated rings. The molecule has 0 spiro atoms. The van der Waals surface area contributed by atoms with Gasteiger partial charge < -0.3 is 19.0 Å². The zero-order valence-electron chi connectivity index (χ0n) is 19.5. The molecule has 178 valence electrons. The van der Waals surface area contributed by atoms with Gasteiger partial charge in [0.25, 0.3) is 0 Å². The maximum absolute atomic E-state index is 10.7. The number of aromatic nitrogens is 5. The van der Waals surface area contributed by atoms with E-state index in [1.54, 1.807) is 29.5 Å². The van der Waals surface area contributed by atoms with Gasteiger partial charge in [0.1, 0.15) is 17.9 Å². The van der Waals surface area contributed by atoms with Gasteiger partial charge in [0.2, 0.25) is 0 Å². The molecular formula is C28H22ClN5O2. The van der Waals surface area contributed by atoms with Crippen molar-refractivity contribution in [2.75, 3.05) is 0 Å². The molecule has 0 atom stereocenters. The molecule has 2 aromatic carbocycles. The average Bonchev–Trinajstić information content (AvgIpc) is 3.52. The molecule has 4 aromatic heterocycles. The second kappa shape index (κ2) is 9.02. The quantitative estimate of drug-likeness (QED) is 0.303. The molecule has 0 saturated carbocycles. The first-order chi connectivity index (χ1) is 17.6. The van der Waals surface area contributed by atoms with E-state index in [0.717, 1.165) is 44.2 Å². The largest absolute Gasteiger partial charge is 0.494 e. The highest BCUT2D eigenvalue weighted by molar-refractivity contribution is 6.31. The Labute approximate surface area is 212 Å². The number of imidazole rings is 1. The van der Waals surface area contributed by atoms with Crippen molar-refractivity contribution >= 4 is 33.3 Å². The normalized spacial score (nSPS) is 11.4. The van der Waals surface area contributed by atoms with Crippen LogP contribution >= 0.6 is 11.6 Å². The maximum atomic E-state index is 10.7. The number of hydrogen-bond acceptors (Lipinski definition) is 5. The van der Waals surface area contributed by atoms with Gasteiger partial charge in [0.05, 0.1) is 23.6 Å². The van der Waals surface area contributed by atoms with Gasteiger partial charge in [-0.1, -0.05) is 41.9 Å². The zero-order valence-corrected chi connectivity index (χ0v) is 20.2. The van der Waals surface area contributed by atoms with Gasteiger partial charge in [0.15, 0.2) is 5.88 Å². The first kappa shape index (κ1) is 22.1. The Morgan fingerprint density at radius 2 is 1.89 bits per heavy atom. The number of halogens is 1. The Morgan fingerprint density at radius 1 is 1.03 bits per heavy atom. The fraction of sp³-hybridized carbons (Fsp3) is 0.107. The third-order valence-corrected chi connectivity index (χ3v) is 6.59. The molecule has 0 bridgehead atoms. The van der Waals surface area contributed by atoms with E-state index in [2.05, 4.69) is 9.97 Å². The van der Waals surface area contributed by atoms with Crippen LogP contribution in [0.4, 0.5) is 0 Å². The minimum Gasteiger partial charge on any atom is -0.494 e. The molecule has 0 radical (unpaired) electrons. The number of aryl methyl sites for hydroxylation is 1. The summed E-state index contributed by atoms with van der Waals surface area (Å²) in [7, 11) is 0. The predicted molar refractivity (Wildman–Crippen MR) is 140 cm³/mol. The van der Waals surface area contributed by atoms with Crippen molar-refractivity contribution in [2.24, 2.45) is 0 Å². The second-order valence-electron chi connectivity index (χ2n) is 8.62. The fourth-order valence-electron chi connectivity index (χ4n) is 4.51. The maximum Gasteiger partial charge on any atom is 0.199 e. The van der Waals surface area contributed by atoms with Crippen LogP contribution in [-0.2, 0) is 13.2 Å². The third kappa shape index (κ3) is 3.93. The summed E-state index contributed by atoms with van der Waals surface area (Å²) in [6.45, 7) is 2.60. The van der Waals surface area contributed by atoms with E-state index in [4.69, 9.17) is 21.3 Å². The standard InChI is InChI=1S/C28H22ClN5O2/c1-18-11-25(33-10-9-30-17-33)22-7-4-8-26(27(22)32-18)36-16-23-20(12-31-13-24(23)29)15-34-14-19-5-2-3-6-21(19)28(34)35/h2-14,17,35H,15-16H2,1H3. The van der Waals surface area contributed by atoms with E-state index in [9.17, 15) is 5.11 Å². The van der Waals surface area contributed by atoms with Crippen molar-refractivity contribution in [1.82, 2.24) is 24.1 Å². The summed E-state index contributed by atoms with van der Waals surface area (Å²) in [6.07, 6.45) is 10.7. The van der Waals surface area contributed by atoms with Crippen LogP contribution in [0, 0.1) is 6.92 Å². The number of ether oxygens (including phenoxy) is 1. The van der Waals surface area contributed by atoms with E-state index in [1.165, 1.54) is 0 Å². The summed E-state index contributed by atoms with van der Waals surface area (Å²) in [5.41, 5.74) is 4.30. The Kier molecular flexibility index (Phi) is 5.54. The number of rotatable bonds is 6. The van der Waals surface area contributed by atoms with Gasteiger partial charge >= 0.3 is 0 Å². The molecule has 7 nitrogen and oxygen atoms in total. The molecule has 8 heteroatoms. The van der Waals surface area contributed by atoms with Crippen LogP contribution in [0.1, 0.15) is 16.8 Å². The van der Waals surface area contributed by atoms with Crippen LogP contribution in [0.25, 0.3) is 27.4 Å². The highest BCUT2D eigenvalue weighted by Gasteiger charge is 2.15. The molecule has 0 saturated heterocycles. The summed E-state index contributed by atoms with van der Waals surface area (Å²) in [4.78, 5) is 13.2. The van der Waals surface area contributed by atoms with E-state index in [0.29, 0.717) is 17.3 Å². The molecule has 1 N–H and O–H groups in total. The van der Waals surface area contributed by atoms with Crippen LogP contribution < -0.4 is 4.74 Å². The van der Waals surface area contributed by atoms with Crippen LogP contribution in [-0.4, -0.2) is 29.2 Å². The topological polar surface area (TPSA) is 78.0 Å². The fourth-order valence-corrected chi connectivity index (χ4v) is 4.74. The van der Waals surface area contributed by atoms with Crippen LogP contribution in [0.5, 0.6) is 11.6 Å². The number of nitrogens with zero attached hydrogens (tertiary/aromatic N) is 5. The average molecular weight is 496 g/mol. The van der Waals surface area contributed by atoms with Crippen molar-refractivity contribution in [3.63, 3.8) is 0 Å². The zero-order chi connectivity index (χ0) is 24.6. The van der Waals surface area contributed by atoms with Gasteiger partial charge in [-0.3, -0.25) is 4.98 Å². The van der Waals surface area contributed by atoms with Crippen molar-refractivity contribution in [2.45, 2.75) is 20.1 Å². The van der Waals surface area contributed by atoms with E-state index in [1.807, 2.05) is 72.4 Å². The van der Waals surface area contributed by atoms with Gasteiger partial charge in [0, 0.05) is 58.4 Å². The Balaban J connectivity index is 1.34. The molecule has 4 heterocycles. The van der Waals surface area contributed by atoms with Crippen molar-refractivity contribution in [3.05, 3.63) is 108 Å². The van der Waals surface area contributed by atoms with Crippen LogP contribution in [0.2, 0.25) is 5.02 Å². The molecule has 6 aromatic rings. The van der Waals surface area contributed by atoms with Gasteiger partial charge in [-0.25, -0.2) is 9.97 Å². The Bertz CT molecular complexity index is 1710. The number of benzene rings is 2. The van der Waals surface area contributed by atoms with Crippen molar-refractivity contribution in [1.29, 1.82) is 0 Å². The highest BCUT2D eigenvalue weighted by Crippen LogP contribution is 2.32. The van der Waals surface area contributed by atoms with Crippen LogP contribution in [0.15, 0.2) is 85.8 Å². The van der Waals surface area contributed by atoms with E-state index in [-0.39, 0.29) is 12.5 Å². The predicted octanol–water partition coefficient (Wildman–Crippen LogP) is 6.06. The molecule has 0 unspecified atom stereocenters. The third-order valence-electron chi connectivity index (χ3n) is 6.27. The lowest BCUT2D eigenvalue weighted by atomic mass is 10.1. The summed E-state index contributed by atoms with van der Waals surface area (Å²) >= 11 is 6.58. The van der Waals surface area contributed by atoms with Gasteiger partial charge in [-0.2, -0.15) is 0 Å². The Hall–Kier alpha value is -4.36.